The maximum Gasteiger partial charge on any atom is 0.337 e. The number of ether oxygens (including phenoxy) is 1. The molecule has 8 heteroatoms. The lowest BCUT2D eigenvalue weighted by molar-refractivity contribution is -0.138. The summed E-state index contributed by atoms with van der Waals surface area (Å²) in [6.07, 6.45) is 1.44. The lowest BCUT2D eigenvalue weighted by Crippen LogP contribution is -2.43. The number of carbonyl (C=O) groups excluding carboxylic acids is 1. The van der Waals surface area contributed by atoms with Crippen molar-refractivity contribution in [3.63, 3.8) is 0 Å². The van der Waals surface area contributed by atoms with Crippen LogP contribution in [0.4, 0.5) is 10.2 Å². The summed E-state index contributed by atoms with van der Waals surface area (Å²) >= 11 is 0. The van der Waals surface area contributed by atoms with Crippen LogP contribution in [0, 0.1) is 5.82 Å². The number of halogens is 1. The first-order valence-corrected chi connectivity index (χ1v) is 8.59. The van der Waals surface area contributed by atoms with Crippen molar-refractivity contribution in [2.24, 2.45) is 14.1 Å². The molecule has 0 bridgehead atoms. The van der Waals surface area contributed by atoms with Gasteiger partial charge in [-0.3, -0.25) is 13.9 Å². The van der Waals surface area contributed by atoms with Gasteiger partial charge in [0.2, 0.25) is 0 Å². The Balaban J connectivity index is 2.33. The molecule has 28 heavy (non-hydrogen) atoms. The largest absolute Gasteiger partial charge is 0.458 e. The zero-order chi connectivity index (χ0) is 20.6. The summed E-state index contributed by atoms with van der Waals surface area (Å²) in [5, 5.41) is 2.98. The van der Waals surface area contributed by atoms with E-state index in [1.807, 2.05) is 0 Å². The van der Waals surface area contributed by atoms with Crippen LogP contribution in [0.2, 0.25) is 0 Å². The summed E-state index contributed by atoms with van der Waals surface area (Å²) in [7, 11) is 2.90. The second-order valence-corrected chi connectivity index (χ2v) is 6.50. The number of anilines is 1. The average molecular weight is 385 g/mol. The van der Waals surface area contributed by atoms with E-state index in [1.54, 1.807) is 6.92 Å². The van der Waals surface area contributed by atoms with Gasteiger partial charge in [-0.1, -0.05) is 24.8 Å². The van der Waals surface area contributed by atoms with E-state index >= 15 is 0 Å². The minimum absolute atomic E-state index is 0.00386. The Labute approximate surface area is 160 Å². The smallest absolute Gasteiger partial charge is 0.337 e. The van der Waals surface area contributed by atoms with Gasteiger partial charge in [0.15, 0.2) is 0 Å². The van der Waals surface area contributed by atoms with Crippen molar-refractivity contribution in [2.45, 2.75) is 12.8 Å². The van der Waals surface area contributed by atoms with E-state index in [-0.39, 0.29) is 17.7 Å². The quantitative estimate of drug-likeness (QED) is 0.641. The summed E-state index contributed by atoms with van der Waals surface area (Å²) < 4.78 is 21.0. The molecule has 3 rings (SSSR count). The van der Waals surface area contributed by atoms with E-state index in [0.717, 1.165) is 4.57 Å². The zero-order valence-corrected chi connectivity index (χ0v) is 15.8. The number of allylic oxidation sites excluding steroid dienone is 1. The fourth-order valence-electron chi connectivity index (χ4n) is 3.36. The molecule has 0 fully saturated rings. The monoisotopic (exact) mass is 385 g/mol. The molecule has 1 aliphatic heterocycles. The highest BCUT2D eigenvalue weighted by Gasteiger charge is 2.37. The lowest BCUT2D eigenvalue weighted by Gasteiger charge is -2.30. The second-order valence-electron chi connectivity index (χ2n) is 6.50. The molecule has 146 valence electrons. The minimum Gasteiger partial charge on any atom is -0.458 e. The Kier molecular flexibility index (Phi) is 5.04. The van der Waals surface area contributed by atoms with Crippen LogP contribution in [0.3, 0.4) is 0 Å². The van der Waals surface area contributed by atoms with E-state index in [0.29, 0.717) is 17.1 Å². The molecule has 1 aromatic heterocycles. The van der Waals surface area contributed by atoms with Gasteiger partial charge in [0, 0.05) is 19.8 Å². The van der Waals surface area contributed by atoms with Crippen molar-refractivity contribution >= 4 is 11.8 Å². The van der Waals surface area contributed by atoms with E-state index in [4.69, 9.17) is 4.74 Å². The molecular weight excluding hydrogens is 365 g/mol. The third-order valence-corrected chi connectivity index (χ3v) is 4.74. The van der Waals surface area contributed by atoms with Crippen LogP contribution in [-0.2, 0) is 23.6 Å². The van der Waals surface area contributed by atoms with E-state index in [1.165, 1.54) is 49.0 Å². The standard InChI is InChI=1S/C20H20FN3O4/c1-5-10-28-19(26)14-11(2)22-17-16(18(25)24(4)20(27)23(17)3)15(14)12-6-8-13(21)9-7-12/h5-9,15,22H,1,10H2,2-4H3/t15-/m0/s1. The molecule has 1 atom stereocenters. The van der Waals surface area contributed by atoms with Crippen molar-refractivity contribution in [1.82, 2.24) is 9.13 Å². The summed E-state index contributed by atoms with van der Waals surface area (Å²) in [4.78, 5) is 38.1. The Hall–Kier alpha value is -3.42. The number of nitrogens with zero attached hydrogens (tertiary/aromatic N) is 2. The molecule has 0 saturated carbocycles. The van der Waals surface area contributed by atoms with Crippen LogP contribution in [0.25, 0.3) is 0 Å². The van der Waals surface area contributed by atoms with Gasteiger partial charge in [-0.05, 0) is 24.6 Å². The van der Waals surface area contributed by atoms with Gasteiger partial charge in [-0.15, -0.1) is 0 Å². The number of hydrogen-bond donors (Lipinski definition) is 1. The first-order chi connectivity index (χ1) is 13.3. The number of hydrogen-bond acceptors (Lipinski definition) is 5. The van der Waals surface area contributed by atoms with E-state index in [9.17, 15) is 18.8 Å². The second kappa shape index (κ2) is 7.30. The first-order valence-electron chi connectivity index (χ1n) is 8.59. The summed E-state index contributed by atoms with van der Waals surface area (Å²) in [6.45, 7) is 5.19. The van der Waals surface area contributed by atoms with E-state index < -0.39 is 29.0 Å². The van der Waals surface area contributed by atoms with Crippen molar-refractivity contribution in [3.8, 4) is 0 Å². The fraction of sp³-hybridized carbons (Fsp3) is 0.250. The molecule has 1 aromatic carbocycles. The van der Waals surface area contributed by atoms with Gasteiger partial charge in [0.05, 0.1) is 17.1 Å². The SMILES string of the molecule is C=CCOC(=O)C1=C(C)Nc2c(c(=O)n(C)c(=O)n2C)[C@H]1c1ccc(F)cc1. The molecule has 1 N–H and O–H groups in total. The Bertz CT molecular complexity index is 1110. The topological polar surface area (TPSA) is 82.3 Å². The third-order valence-electron chi connectivity index (χ3n) is 4.74. The third kappa shape index (κ3) is 3.06. The maximum atomic E-state index is 13.5. The zero-order valence-electron chi connectivity index (χ0n) is 15.8. The number of benzene rings is 1. The van der Waals surface area contributed by atoms with Crippen molar-refractivity contribution < 1.29 is 13.9 Å². The molecule has 0 amide bonds. The van der Waals surface area contributed by atoms with Gasteiger partial charge >= 0.3 is 11.7 Å². The lowest BCUT2D eigenvalue weighted by atomic mass is 9.82. The van der Waals surface area contributed by atoms with Crippen LogP contribution in [0.5, 0.6) is 0 Å². The molecule has 7 nitrogen and oxygen atoms in total. The van der Waals surface area contributed by atoms with Crippen LogP contribution in [-0.4, -0.2) is 21.7 Å². The van der Waals surface area contributed by atoms with Crippen LogP contribution < -0.4 is 16.6 Å². The molecule has 2 heterocycles. The molecule has 2 aromatic rings. The Morgan fingerprint density at radius 1 is 1.25 bits per heavy atom. The normalized spacial score (nSPS) is 15.6. The van der Waals surface area contributed by atoms with Gasteiger partial charge < -0.3 is 10.1 Å². The van der Waals surface area contributed by atoms with Gasteiger partial charge in [-0.25, -0.2) is 14.0 Å². The number of carbonyl (C=O) groups is 1. The number of aromatic nitrogens is 2. The molecule has 1 aliphatic rings. The first kappa shape index (κ1) is 19.3. The van der Waals surface area contributed by atoms with Crippen molar-refractivity contribution in [1.29, 1.82) is 0 Å². The molecule has 0 spiro atoms. The number of esters is 1. The van der Waals surface area contributed by atoms with E-state index in [2.05, 4.69) is 11.9 Å². The summed E-state index contributed by atoms with van der Waals surface area (Å²) in [6, 6.07) is 5.53. The van der Waals surface area contributed by atoms with Gasteiger partial charge in [-0.2, -0.15) is 0 Å². The highest BCUT2D eigenvalue weighted by molar-refractivity contribution is 5.94. The molecule has 0 radical (unpaired) electrons. The van der Waals surface area contributed by atoms with Gasteiger partial charge in [0.1, 0.15) is 18.2 Å². The number of fused-ring (bicyclic) bond motifs is 1. The summed E-state index contributed by atoms with van der Waals surface area (Å²) in [5.41, 5.74) is 0.369. The predicted octanol–water partition coefficient (Wildman–Crippen LogP) is 1.78. The number of nitrogens with one attached hydrogen (secondary N) is 1. The minimum atomic E-state index is -0.820. The molecule has 0 unspecified atom stereocenters. The van der Waals surface area contributed by atoms with Crippen LogP contribution in [0.1, 0.15) is 24.0 Å². The highest BCUT2D eigenvalue weighted by atomic mass is 19.1. The molecule has 0 saturated heterocycles. The summed E-state index contributed by atoms with van der Waals surface area (Å²) in [5.74, 6) is -1.59. The van der Waals surface area contributed by atoms with Crippen molar-refractivity contribution in [3.05, 3.63) is 86.0 Å². The maximum absolute atomic E-state index is 13.5. The average Bonchev–Trinajstić information content (AvgIpc) is 2.68. The van der Waals surface area contributed by atoms with Crippen LogP contribution in [0.15, 0.2) is 57.8 Å². The van der Waals surface area contributed by atoms with Crippen LogP contribution >= 0.6 is 0 Å². The Morgan fingerprint density at radius 2 is 1.89 bits per heavy atom. The Morgan fingerprint density at radius 3 is 2.50 bits per heavy atom. The predicted molar refractivity (Wildman–Crippen MR) is 103 cm³/mol. The highest BCUT2D eigenvalue weighted by Crippen LogP contribution is 2.39. The van der Waals surface area contributed by atoms with Gasteiger partial charge in [0.25, 0.3) is 5.56 Å². The van der Waals surface area contributed by atoms with Crippen molar-refractivity contribution in [2.75, 3.05) is 11.9 Å². The number of rotatable bonds is 4. The molecular formula is C20H20FN3O4. The fourth-order valence-corrected chi connectivity index (χ4v) is 3.36. The molecule has 0 aliphatic carbocycles.